The smallest absolute Gasteiger partial charge is 0.341 e. The van der Waals surface area contributed by atoms with Crippen LogP contribution < -0.4 is 10.6 Å². The fourth-order valence-electron chi connectivity index (χ4n) is 1.59. The Morgan fingerprint density at radius 1 is 1.50 bits per heavy atom. The minimum absolute atomic E-state index is 0. The summed E-state index contributed by atoms with van der Waals surface area (Å²) in [4.78, 5) is 11.0. The van der Waals surface area contributed by atoms with Gasteiger partial charge in [-0.1, -0.05) is 0 Å². The van der Waals surface area contributed by atoms with Gasteiger partial charge in [-0.2, -0.15) is 8.78 Å². The minimum Gasteiger partial charge on any atom is -0.351 e. The highest BCUT2D eigenvalue weighted by Crippen LogP contribution is 2.26. The minimum atomic E-state index is -4.74. The Labute approximate surface area is 125 Å². The van der Waals surface area contributed by atoms with Crippen molar-refractivity contribution in [3.63, 3.8) is 0 Å². The highest BCUT2D eigenvalue weighted by Gasteiger charge is 2.32. The Morgan fingerprint density at radius 2 is 2.15 bits per heavy atom. The number of carbonyl (C=O) groups is 1. The summed E-state index contributed by atoms with van der Waals surface area (Å²) in [6, 6.07) is 1.03. The van der Waals surface area contributed by atoms with Gasteiger partial charge < -0.3 is 10.6 Å². The monoisotopic (exact) mass is 346 g/mol. The molecule has 0 atom stereocenters. The van der Waals surface area contributed by atoms with Crippen molar-refractivity contribution in [2.45, 2.75) is 10.7 Å². The third-order valence-electron chi connectivity index (χ3n) is 2.79. The van der Waals surface area contributed by atoms with Crippen LogP contribution in [-0.2, 0) is 9.84 Å². The molecule has 0 aromatic carbocycles. The summed E-state index contributed by atoms with van der Waals surface area (Å²) in [5.74, 6) is -3.84. The van der Waals surface area contributed by atoms with Crippen molar-refractivity contribution in [1.82, 2.24) is 10.6 Å². The Morgan fingerprint density at radius 3 is 2.65 bits per heavy atom. The SMILES string of the molecule is Cl.O=C(NCC1CNC1)c1sccc1S(=O)(=O)C(F)F. The highest BCUT2D eigenvalue weighted by atomic mass is 35.5. The molecule has 20 heavy (non-hydrogen) atoms. The lowest BCUT2D eigenvalue weighted by atomic mass is 10.0. The number of rotatable bonds is 5. The first-order chi connectivity index (χ1) is 8.93. The number of thiophene rings is 1. The molecule has 5 nitrogen and oxygen atoms in total. The zero-order valence-electron chi connectivity index (χ0n) is 10.1. The zero-order chi connectivity index (χ0) is 14.0. The molecule has 1 fully saturated rings. The summed E-state index contributed by atoms with van der Waals surface area (Å²) >= 11 is 0.839. The Bertz CT molecular complexity index is 573. The number of carbonyl (C=O) groups excluding carboxylic acids is 1. The third-order valence-corrected chi connectivity index (χ3v) is 5.26. The van der Waals surface area contributed by atoms with Crippen LogP contribution in [0.3, 0.4) is 0 Å². The van der Waals surface area contributed by atoms with Crippen molar-refractivity contribution in [2.24, 2.45) is 5.92 Å². The van der Waals surface area contributed by atoms with Gasteiger partial charge in [-0.25, -0.2) is 8.42 Å². The van der Waals surface area contributed by atoms with Gasteiger partial charge in [-0.15, -0.1) is 23.7 Å². The molecule has 1 aromatic heterocycles. The summed E-state index contributed by atoms with van der Waals surface area (Å²) in [7, 11) is -4.74. The van der Waals surface area contributed by atoms with Crippen LogP contribution in [0.2, 0.25) is 0 Å². The number of amides is 1. The molecule has 1 aliphatic heterocycles. The maximum atomic E-state index is 12.5. The summed E-state index contributed by atoms with van der Waals surface area (Å²) < 4.78 is 47.7. The molecule has 114 valence electrons. The average molecular weight is 347 g/mol. The van der Waals surface area contributed by atoms with Crippen LogP contribution in [-0.4, -0.2) is 39.7 Å². The van der Waals surface area contributed by atoms with Crippen molar-refractivity contribution in [3.05, 3.63) is 16.3 Å². The summed E-state index contributed by atoms with van der Waals surface area (Å²) in [6.45, 7) is 1.97. The normalized spacial score (nSPS) is 15.6. The van der Waals surface area contributed by atoms with E-state index in [0.29, 0.717) is 12.5 Å². The number of hydrogen-bond acceptors (Lipinski definition) is 5. The van der Waals surface area contributed by atoms with E-state index in [0.717, 1.165) is 30.5 Å². The van der Waals surface area contributed by atoms with Crippen molar-refractivity contribution >= 4 is 39.5 Å². The molecule has 1 aromatic rings. The maximum Gasteiger partial charge on any atom is 0.341 e. The standard InChI is InChI=1S/C10H12F2N2O3S2.ClH/c11-10(12)19(16,17)7-1-2-18-8(7)9(15)14-5-6-3-13-4-6;/h1-2,6,10,13H,3-5H2,(H,14,15);1H. The molecular formula is C10H13ClF2N2O3S2. The van der Waals surface area contributed by atoms with Gasteiger partial charge in [0.25, 0.3) is 5.91 Å². The van der Waals surface area contributed by atoms with Crippen molar-refractivity contribution < 1.29 is 22.0 Å². The van der Waals surface area contributed by atoms with Gasteiger partial charge in [0.2, 0.25) is 9.84 Å². The quantitative estimate of drug-likeness (QED) is 0.837. The summed E-state index contributed by atoms with van der Waals surface area (Å²) in [5.41, 5.74) is 0. The van der Waals surface area contributed by atoms with Crippen LogP contribution in [0.1, 0.15) is 9.67 Å². The largest absolute Gasteiger partial charge is 0.351 e. The molecule has 0 aliphatic carbocycles. The van der Waals surface area contributed by atoms with E-state index in [2.05, 4.69) is 10.6 Å². The average Bonchev–Trinajstić information content (AvgIpc) is 2.75. The first-order valence-corrected chi connectivity index (χ1v) is 7.94. The number of halogens is 3. The molecule has 0 bridgehead atoms. The fourth-order valence-corrected chi connectivity index (χ4v) is 3.68. The van der Waals surface area contributed by atoms with Gasteiger partial charge in [0.1, 0.15) is 4.88 Å². The van der Waals surface area contributed by atoms with E-state index in [9.17, 15) is 22.0 Å². The molecular weight excluding hydrogens is 334 g/mol. The molecule has 1 aliphatic rings. The van der Waals surface area contributed by atoms with E-state index in [1.165, 1.54) is 5.38 Å². The lowest BCUT2D eigenvalue weighted by Crippen LogP contribution is -2.48. The van der Waals surface area contributed by atoms with Crippen molar-refractivity contribution in [2.75, 3.05) is 19.6 Å². The Hall–Kier alpha value is -0.770. The molecule has 0 unspecified atom stereocenters. The number of hydrogen-bond donors (Lipinski definition) is 2. The van der Waals surface area contributed by atoms with Gasteiger partial charge in [-0.05, 0) is 11.4 Å². The highest BCUT2D eigenvalue weighted by molar-refractivity contribution is 7.92. The lowest BCUT2D eigenvalue weighted by molar-refractivity contribution is 0.0943. The van der Waals surface area contributed by atoms with Crippen LogP contribution in [0.4, 0.5) is 8.78 Å². The molecule has 0 spiro atoms. The molecule has 10 heteroatoms. The molecule has 0 saturated carbocycles. The predicted molar refractivity (Wildman–Crippen MR) is 73.4 cm³/mol. The fraction of sp³-hybridized carbons (Fsp3) is 0.500. The predicted octanol–water partition coefficient (Wildman–Crippen LogP) is 1.12. The number of nitrogens with one attached hydrogen (secondary N) is 2. The second-order valence-corrected chi connectivity index (χ2v) is 6.96. The van der Waals surface area contributed by atoms with E-state index >= 15 is 0 Å². The van der Waals surface area contributed by atoms with Crippen LogP contribution >= 0.6 is 23.7 Å². The van der Waals surface area contributed by atoms with Crippen LogP contribution in [0.5, 0.6) is 0 Å². The van der Waals surface area contributed by atoms with E-state index in [4.69, 9.17) is 0 Å². The van der Waals surface area contributed by atoms with E-state index in [1.54, 1.807) is 0 Å². The summed E-state index contributed by atoms with van der Waals surface area (Å²) in [5, 5.41) is 6.90. The topological polar surface area (TPSA) is 75.3 Å². The van der Waals surface area contributed by atoms with Crippen molar-refractivity contribution in [3.8, 4) is 0 Å². The first-order valence-electron chi connectivity index (χ1n) is 5.51. The van der Waals surface area contributed by atoms with Gasteiger partial charge in [0, 0.05) is 25.6 Å². The van der Waals surface area contributed by atoms with Gasteiger partial charge >= 0.3 is 5.76 Å². The third kappa shape index (κ3) is 3.46. The molecule has 1 saturated heterocycles. The Kier molecular flexibility index (Phi) is 5.87. The van der Waals surface area contributed by atoms with Crippen molar-refractivity contribution in [1.29, 1.82) is 0 Å². The second-order valence-electron chi connectivity index (χ2n) is 4.15. The molecule has 2 rings (SSSR count). The molecule has 0 radical (unpaired) electrons. The zero-order valence-corrected chi connectivity index (χ0v) is 12.6. The molecule has 2 N–H and O–H groups in total. The van der Waals surface area contributed by atoms with E-state index < -0.39 is 26.4 Å². The van der Waals surface area contributed by atoms with Crippen LogP contribution in [0.15, 0.2) is 16.3 Å². The van der Waals surface area contributed by atoms with E-state index in [-0.39, 0.29) is 17.3 Å². The second kappa shape index (κ2) is 6.79. The number of alkyl halides is 2. The Balaban J connectivity index is 0.00000200. The van der Waals surface area contributed by atoms with Gasteiger partial charge in [0.05, 0.1) is 4.90 Å². The molecule has 1 amide bonds. The van der Waals surface area contributed by atoms with Crippen LogP contribution in [0.25, 0.3) is 0 Å². The van der Waals surface area contributed by atoms with Crippen LogP contribution in [0, 0.1) is 5.92 Å². The maximum absolute atomic E-state index is 12.5. The first kappa shape index (κ1) is 17.3. The van der Waals surface area contributed by atoms with E-state index in [1.807, 2.05) is 0 Å². The lowest BCUT2D eigenvalue weighted by Gasteiger charge is -2.27. The molecule has 2 heterocycles. The van der Waals surface area contributed by atoms with Gasteiger partial charge in [0.15, 0.2) is 0 Å². The number of sulfone groups is 1. The summed E-state index contributed by atoms with van der Waals surface area (Å²) in [6.07, 6.45) is 0. The van der Waals surface area contributed by atoms with Gasteiger partial charge in [-0.3, -0.25) is 4.79 Å².